The van der Waals surface area contributed by atoms with Gasteiger partial charge in [0.15, 0.2) is 11.5 Å². The Hall–Kier alpha value is -1.89. The van der Waals surface area contributed by atoms with E-state index in [4.69, 9.17) is 15.2 Å². The van der Waals surface area contributed by atoms with Gasteiger partial charge in [-0.05, 0) is 6.07 Å². The van der Waals surface area contributed by atoms with Crippen LogP contribution in [0.4, 0.5) is 10.1 Å². The number of hydrogen-bond acceptors (Lipinski definition) is 5. The van der Waals surface area contributed by atoms with Crippen LogP contribution >= 0.6 is 0 Å². The molecule has 0 bridgehead atoms. The maximum absolute atomic E-state index is 12.0. The average molecular weight is 258 g/mol. The van der Waals surface area contributed by atoms with Gasteiger partial charge in [0.1, 0.15) is 0 Å². The fourth-order valence-corrected chi connectivity index (χ4v) is 1.43. The van der Waals surface area contributed by atoms with Gasteiger partial charge in [-0.25, -0.2) is 0 Å². The number of nitro benzene ring substituents is 1. The van der Waals surface area contributed by atoms with Crippen molar-refractivity contribution >= 4 is 5.69 Å². The molecule has 0 amide bonds. The van der Waals surface area contributed by atoms with Crippen LogP contribution in [0.1, 0.15) is 12.0 Å². The highest BCUT2D eigenvalue weighted by Crippen LogP contribution is 2.34. The van der Waals surface area contributed by atoms with Crippen LogP contribution < -0.4 is 15.2 Å². The summed E-state index contributed by atoms with van der Waals surface area (Å²) >= 11 is 0. The lowest BCUT2D eigenvalue weighted by molar-refractivity contribution is -0.385. The van der Waals surface area contributed by atoms with Crippen molar-refractivity contribution in [2.75, 3.05) is 20.4 Å². The number of nitrogens with two attached hydrogens (primary N) is 1. The van der Waals surface area contributed by atoms with Crippen molar-refractivity contribution in [1.29, 1.82) is 0 Å². The van der Waals surface area contributed by atoms with Gasteiger partial charge < -0.3 is 15.2 Å². The molecule has 6 nitrogen and oxygen atoms in total. The second kappa shape index (κ2) is 6.75. The fourth-order valence-electron chi connectivity index (χ4n) is 1.43. The molecule has 0 saturated carbocycles. The highest BCUT2D eigenvalue weighted by atomic mass is 19.1. The van der Waals surface area contributed by atoms with Gasteiger partial charge in [0.05, 0.1) is 31.4 Å². The normalized spacial score (nSPS) is 10.2. The lowest BCUT2D eigenvalue weighted by Crippen LogP contribution is -2.05. The van der Waals surface area contributed by atoms with Gasteiger partial charge in [-0.15, -0.1) is 0 Å². The monoisotopic (exact) mass is 258 g/mol. The van der Waals surface area contributed by atoms with Crippen molar-refractivity contribution < 1.29 is 18.8 Å². The van der Waals surface area contributed by atoms with Gasteiger partial charge in [-0.2, -0.15) is 0 Å². The van der Waals surface area contributed by atoms with Crippen LogP contribution in [0, 0.1) is 10.1 Å². The molecular formula is C11H15FN2O4. The lowest BCUT2D eigenvalue weighted by Gasteiger charge is -2.11. The molecule has 0 aliphatic heterocycles. The van der Waals surface area contributed by atoms with Gasteiger partial charge in [-0.1, -0.05) is 0 Å². The lowest BCUT2D eigenvalue weighted by atomic mass is 10.1. The Bertz CT molecular complexity index is 426. The molecule has 0 aliphatic carbocycles. The van der Waals surface area contributed by atoms with Crippen molar-refractivity contribution in [3.63, 3.8) is 0 Å². The maximum Gasteiger partial charge on any atom is 0.277 e. The van der Waals surface area contributed by atoms with Crippen LogP contribution in [-0.2, 0) is 6.54 Å². The number of benzene rings is 1. The second-order valence-electron chi connectivity index (χ2n) is 3.48. The first-order valence-electron chi connectivity index (χ1n) is 5.38. The third kappa shape index (κ3) is 3.30. The van der Waals surface area contributed by atoms with E-state index in [1.54, 1.807) is 0 Å². The summed E-state index contributed by atoms with van der Waals surface area (Å²) in [4.78, 5) is 10.3. The Morgan fingerprint density at radius 1 is 1.44 bits per heavy atom. The van der Waals surface area contributed by atoms with Crippen LogP contribution in [0.3, 0.4) is 0 Å². The molecule has 0 spiro atoms. The number of nitrogens with zero attached hydrogens (tertiary/aromatic N) is 1. The van der Waals surface area contributed by atoms with E-state index in [1.165, 1.54) is 19.2 Å². The third-order valence-corrected chi connectivity index (χ3v) is 2.32. The fraction of sp³-hybridized carbons (Fsp3) is 0.455. The van der Waals surface area contributed by atoms with E-state index in [0.29, 0.717) is 11.3 Å². The van der Waals surface area contributed by atoms with Gasteiger partial charge in [0.2, 0.25) is 0 Å². The summed E-state index contributed by atoms with van der Waals surface area (Å²) in [5, 5.41) is 10.9. The molecule has 0 aliphatic rings. The first kappa shape index (κ1) is 14.2. The first-order chi connectivity index (χ1) is 8.63. The number of alkyl halides is 1. The number of ether oxygens (including phenoxy) is 2. The minimum absolute atomic E-state index is 0.0252. The van der Waals surface area contributed by atoms with Crippen LogP contribution in [0.2, 0.25) is 0 Å². The van der Waals surface area contributed by atoms with E-state index in [0.717, 1.165) is 0 Å². The summed E-state index contributed by atoms with van der Waals surface area (Å²) in [5.41, 5.74) is 5.66. The summed E-state index contributed by atoms with van der Waals surface area (Å²) < 4.78 is 22.3. The Labute approximate surface area is 104 Å². The molecule has 0 radical (unpaired) electrons. The predicted octanol–water partition coefficient (Wildman–Crippen LogP) is 1.80. The quantitative estimate of drug-likeness (QED) is 0.457. The molecule has 0 atom stereocenters. The molecule has 7 heteroatoms. The molecule has 0 aromatic heterocycles. The standard InChI is InChI=1S/C11H15FN2O4/c1-17-10-5-8(7-13)9(14(15)16)6-11(10)18-4-2-3-12/h5-6H,2-4,7,13H2,1H3. The zero-order valence-electron chi connectivity index (χ0n) is 10.0. The third-order valence-electron chi connectivity index (χ3n) is 2.32. The molecule has 0 saturated heterocycles. The van der Waals surface area contributed by atoms with Gasteiger partial charge in [0.25, 0.3) is 5.69 Å². The highest BCUT2D eigenvalue weighted by Gasteiger charge is 2.18. The average Bonchev–Trinajstić information content (AvgIpc) is 2.38. The molecule has 1 aromatic carbocycles. The van der Waals surface area contributed by atoms with E-state index in [1.807, 2.05) is 0 Å². The van der Waals surface area contributed by atoms with Gasteiger partial charge in [0, 0.05) is 18.5 Å². The SMILES string of the molecule is COc1cc(CN)c([N+](=O)[O-])cc1OCCCF. The van der Waals surface area contributed by atoms with Crippen molar-refractivity contribution in [2.24, 2.45) is 5.73 Å². The second-order valence-corrected chi connectivity index (χ2v) is 3.48. The Morgan fingerprint density at radius 2 is 2.17 bits per heavy atom. The number of nitro groups is 1. The van der Waals surface area contributed by atoms with E-state index in [2.05, 4.69) is 0 Å². The van der Waals surface area contributed by atoms with Crippen molar-refractivity contribution in [1.82, 2.24) is 0 Å². The predicted molar refractivity (Wildman–Crippen MR) is 63.6 cm³/mol. The molecule has 100 valence electrons. The maximum atomic E-state index is 12.0. The number of halogens is 1. The molecule has 1 aromatic rings. The van der Waals surface area contributed by atoms with E-state index in [9.17, 15) is 14.5 Å². The number of rotatable bonds is 7. The van der Waals surface area contributed by atoms with Gasteiger partial charge in [-0.3, -0.25) is 14.5 Å². The van der Waals surface area contributed by atoms with E-state index >= 15 is 0 Å². The molecule has 18 heavy (non-hydrogen) atoms. The molecule has 0 heterocycles. The summed E-state index contributed by atoms with van der Waals surface area (Å²) in [7, 11) is 1.42. The van der Waals surface area contributed by atoms with Crippen LogP contribution in [0.25, 0.3) is 0 Å². The number of methoxy groups -OCH3 is 1. The van der Waals surface area contributed by atoms with Crippen molar-refractivity contribution in [2.45, 2.75) is 13.0 Å². The molecule has 0 fully saturated rings. The molecule has 0 unspecified atom stereocenters. The Kier molecular flexibility index (Phi) is 5.31. The Balaban J connectivity index is 3.07. The van der Waals surface area contributed by atoms with Crippen molar-refractivity contribution in [3.8, 4) is 11.5 Å². The minimum Gasteiger partial charge on any atom is -0.493 e. The smallest absolute Gasteiger partial charge is 0.277 e. The largest absolute Gasteiger partial charge is 0.493 e. The van der Waals surface area contributed by atoms with E-state index in [-0.39, 0.29) is 31.0 Å². The van der Waals surface area contributed by atoms with E-state index < -0.39 is 11.6 Å². The minimum atomic E-state index is -0.538. The van der Waals surface area contributed by atoms with Crippen LogP contribution in [-0.4, -0.2) is 25.3 Å². The molecular weight excluding hydrogens is 243 g/mol. The summed E-state index contributed by atoms with van der Waals surface area (Å²) in [5.74, 6) is 0.565. The topological polar surface area (TPSA) is 87.6 Å². The summed E-state index contributed by atoms with van der Waals surface area (Å²) in [6, 6.07) is 2.71. The molecule has 1 rings (SSSR count). The van der Waals surface area contributed by atoms with Gasteiger partial charge >= 0.3 is 0 Å². The van der Waals surface area contributed by atoms with Crippen molar-refractivity contribution in [3.05, 3.63) is 27.8 Å². The Morgan fingerprint density at radius 3 is 2.67 bits per heavy atom. The first-order valence-corrected chi connectivity index (χ1v) is 5.38. The zero-order valence-corrected chi connectivity index (χ0v) is 10.0. The zero-order chi connectivity index (χ0) is 13.5. The highest BCUT2D eigenvalue weighted by molar-refractivity contribution is 5.54. The van der Waals surface area contributed by atoms with Crippen LogP contribution in [0.5, 0.6) is 11.5 Å². The molecule has 2 N–H and O–H groups in total. The number of hydrogen-bond donors (Lipinski definition) is 1. The van der Waals surface area contributed by atoms with Crippen LogP contribution in [0.15, 0.2) is 12.1 Å². The summed E-state index contributed by atoms with van der Waals surface area (Å²) in [6.45, 7) is -0.352. The summed E-state index contributed by atoms with van der Waals surface area (Å²) in [6.07, 6.45) is 0.218.